The summed E-state index contributed by atoms with van der Waals surface area (Å²) in [6, 6.07) is 14.2. The van der Waals surface area contributed by atoms with Crippen molar-refractivity contribution in [3.05, 3.63) is 59.2 Å². The van der Waals surface area contributed by atoms with Crippen LogP contribution in [0.15, 0.2) is 42.5 Å². The summed E-state index contributed by atoms with van der Waals surface area (Å²) in [5.74, 6) is 0.841. The van der Waals surface area contributed by atoms with Gasteiger partial charge in [-0.05, 0) is 53.1 Å². The number of aryl methyl sites for hydroxylation is 2. The van der Waals surface area contributed by atoms with Crippen LogP contribution in [0.1, 0.15) is 50.3 Å². The lowest BCUT2D eigenvalue weighted by atomic mass is 9.86. The maximum absolute atomic E-state index is 12.1. The van der Waals surface area contributed by atoms with Gasteiger partial charge >= 0.3 is 0 Å². The van der Waals surface area contributed by atoms with Gasteiger partial charge in [0.1, 0.15) is 12.4 Å². The Hall–Kier alpha value is -2.82. The molecule has 1 aliphatic rings. The van der Waals surface area contributed by atoms with E-state index in [0.29, 0.717) is 26.0 Å². The van der Waals surface area contributed by atoms with Gasteiger partial charge in [0.25, 0.3) is 0 Å². The second-order valence-corrected chi connectivity index (χ2v) is 8.51. The molecule has 2 aromatic rings. The molecule has 0 bridgehead atoms. The van der Waals surface area contributed by atoms with Crippen LogP contribution in [-0.2, 0) is 27.8 Å². The van der Waals surface area contributed by atoms with Gasteiger partial charge in [-0.3, -0.25) is 9.59 Å². The number of hydrogen-bond donors (Lipinski definition) is 2. The van der Waals surface area contributed by atoms with Gasteiger partial charge in [0.2, 0.25) is 11.8 Å². The third kappa shape index (κ3) is 6.08. The summed E-state index contributed by atoms with van der Waals surface area (Å²) in [6.45, 7) is 7.46. The van der Waals surface area contributed by atoms with Crippen LogP contribution in [0, 0.1) is 0 Å². The van der Waals surface area contributed by atoms with Gasteiger partial charge in [-0.2, -0.15) is 0 Å². The van der Waals surface area contributed by atoms with Crippen molar-refractivity contribution in [2.75, 3.05) is 18.5 Å². The van der Waals surface area contributed by atoms with Gasteiger partial charge in [0, 0.05) is 18.5 Å². The highest BCUT2D eigenvalue weighted by atomic mass is 16.5. The highest BCUT2D eigenvalue weighted by molar-refractivity contribution is 5.94. The standard InChI is InChI=1S/C24H30N2O3/c1-24(2,3)19-8-4-17(5-9-19)6-12-22(27)25-14-15-29-20-10-11-21-18(16-20)7-13-23(28)26-21/h4-5,8-11,16H,6-7,12-15H2,1-3H3,(H,25,27)(H,26,28). The minimum absolute atomic E-state index is 0.0293. The van der Waals surface area contributed by atoms with E-state index in [1.807, 2.05) is 18.2 Å². The molecule has 1 aliphatic heterocycles. The topological polar surface area (TPSA) is 67.4 Å². The first-order valence-corrected chi connectivity index (χ1v) is 10.2. The average Bonchev–Trinajstić information content (AvgIpc) is 2.69. The molecule has 0 spiro atoms. The first kappa shape index (κ1) is 20.9. The van der Waals surface area contributed by atoms with Gasteiger partial charge in [-0.1, -0.05) is 45.0 Å². The monoisotopic (exact) mass is 394 g/mol. The Bertz CT molecular complexity index is 867. The molecule has 1 heterocycles. The molecule has 0 atom stereocenters. The average molecular weight is 395 g/mol. The fraction of sp³-hybridized carbons (Fsp3) is 0.417. The lowest BCUT2D eigenvalue weighted by Crippen LogP contribution is -2.28. The fourth-order valence-corrected chi connectivity index (χ4v) is 3.33. The third-order valence-electron chi connectivity index (χ3n) is 5.13. The van der Waals surface area contributed by atoms with Crippen molar-refractivity contribution in [1.82, 2.24) is 5.32 Å². The number of anilines is 1. The number of carbonyl (C=O) groups is 2. The Labute approximate surface area is 172 Å². The first-order chi connectivity index (χ1) is 13.8. The molecule has 0 fully saturated rings. The van der Waals surface area contributed by atoms with Crippen molar-refractivity contribution in [2.24, 2.45) is 0 Å². The third-order valence-corrected chi connectivity index (χ3v) is 5.13. The van der Waals surface area contributed by atoms with Gasteiger partial charge in [0.15, 0.2) is 0 Å². The van der Waals surface area contributed by atoms with Gasteiger partial charge in [-0.25, -0.2) is 0 Å². The Morgan fingerprint density at radius 3 is 2.59 bits per heavy atom. The van der Waals surface area contributed by atoms with Crippen LogP contribution in [0.2, 0.25) is 0 Å². The molecule has 0 radical (unpaired) electrons. The summed E-state index contributed by atoms with van der Waals surface area (Å²) in [5.41, 5.74) is 4.56. The first-order valence-electron chi connectivity index (χ1n) is 10.2. The molecule has 0 saturated carbocycles. The zero-order chi connectivity index (χ0) is 20.9. The second-order valence-electron chi connectivity index (χ2n) is 8.51. The molecule has 5 nitrogen and oxygen atoms in total. The van der Waals surface area contributed by atoms with Crippen molar-refractivity contribution < 1.29 is 14.3 Å². The summed E-state index contributed by atoms with van der Waals surface area (Å²) in [4.78, 5) is 23.5. The number of amides is 2. The number of ether oxygens (including phenoxy) is 1. The Kier molecular flexibility index (Phi) is 6.57. The summed E-state index contributed by atoms with van der Waals surface area (Å²) in [7, 11) is 0. The van der Waals surface area contributed by atoms with Crippen LogP contribution >= 0.6 is 0 Å². The van der Waals surface area contributed by atoms with E-state index in [0.717, 1.165) is 29.8 Å². The molecule has 154 valence electrons. The number of nitrogens with one attached hydrogen (secondary N) is 2. The van der Waals surface area contributed by atoms with Crippen molar-refractivity contribution in [3.8, 4) is 5.75 Å². The molecule has 29 heavy (non-hydrogen) atoms. The highest BCUT2D eigenvalue weighted by Crippen LogP contribution is 2.26. The van der Waals surface area contributed by atoms with Crippen LogP contribution in [-0.4, -0.2) is 25.0 Å². The van der Waals surface area contributed by atoms with E-state index in [-0.39, 0.29) is 17.2 Å². The number of rotatable bonds is 7. The number of carbonyl (C=O) groups excluding carboxylic acids is 2. The predicted molar refractivity (Wildman–Crippen MR) is 115 cm³/mol. The Balaban J connectivity index is 1.36. The van der Waals surface area contributed by atoms with E-state index in [1.165, 1.54) is 11.1 Å². The van der Waals surface area contributed by atoms with Crippen LogP contribution in [0.3, 0.4) is 0 Å². The molecular weight excluding hydrogens is 364 g/mol. The molecule has 3 rings (SSSR count). The van der Waals surface area contributed by atoms with E-state index < -0.39 is 0 Å². The lowest BCUT2D eigenvalue weighted by Gasteiger charge is -2.19. The molecule has 2 aromatic carbocycles. The van der Waals surface area contributed by atoms with Crippen molar-refractivity contribution in [3.63, 3.8) is 0 Å². The van der Waals surface area contributed by atoms with Crippen molar-refractivity contribution >= 4 is 17.5 Å². The number of fused-ring (bicyclic) bond motifs is 1. The van der Waals surface area contributed by atoms with Gasteiger partial charge in [0.05, 0.1) is 6.54 Å². The molecule has 5 heteroatoms. The molecular formula is C24H30N2O3. The van der Waals surface area contributed by atoms with E-state index >= 15 is 0 Å². The van der Waals surface area contributed by atoms with E-state index in [9.17, 15) is 9.59 Å². The fourth-order valence-electron chi connectivity index (χ4n) is 3.33. The molecule has 0 aliphatic carbocycles. The number of hydrogen-bond acceptors (Lipinski definition) is 3. The zero-order valence-corrected chi connectivity index (χ0v) is 17.5. The maximum atomic E-state index is 12.1. The predicted octanol–water partition coefficient (Wildman–Crippen LogP) is 4.00. The minimum Gasteiger partial charge on any atom is -0.492 e. The Morgan fingerprint density at radius 2 is 1.86 bits per heavy atom. The SMILES string of the molecule is CC(C)(C)c1ccc(CCC(=O)NCCOc2ccc3c(c2)CCC(=O)N3)cc1. The summed E-state index contributed by atoms with van der Waals surface area (Å²) in [6.07, 6.45) is 2.43. The molecule has 0 aromatic heterocycles. The zero-order valence-electron chi connectivity index (χ0n) is 17.5. The summed E-state index contributed by atoms with van der Waals surface area (Å²) in [5, 5.41) is 5.76. The lowest BCUT2D eigenvalue weighted by molar-refractivity contribution is -0.121. The second kappa shape index (κ2) is 9.12. The summed E-state index contributed by atoms with van der Waals surface area (Å²) >= 11 is 0. The number of benzene rings is 2. The Morgan fingerprint density at radius 1 is 1.10 bits per heavy atom. The molecule has 2 N–H and O–H groups in total. The van der Waals surface area contributed by atoms with E-state index in [1.54, 1.807) is 0 Å². The van der Waals surface area contributed by atoms with Crippen molar-refractivity contribution in [1.29, 1.82) is 0 Å². The molecule has 0 unspecified atom stereocenters. The minimum atomic E-state index is 0.0293. The van der Waals surface area contributed by atoms with E-state index in [4.69, 9.17) is 4.74 Å². The normalized spacial score (nSPS) is 13.4. The van der Waals surface area contributed by atoms with Crippen LogP contribution in [0.4, 0.5) is 5.69 Å². The van der Waals surface area contributed by atoms with Gasteiger partial charge < -0.3 is 15.4 Å². The van der Waals surface area contributed by atoms with Gasteiger partial charge in [-0.15, -0.1) is 0 Å². The van der Waals surface area contributed by atoms with Crippen LogP contribution in [0.5, 0.6) is 5.75 Å². The molecule has 2 amide bonds. The smallest absolute Gasteiger partial charge is 0.224 e. The van der Waals surface area contributed by atoms with E-state index in [2.05, 4.69) is 55.7 Å². The van der Waals surface area contributed by atoms with Crippen LogP contribution < -0.4 is 15.4 Å². The quantitative estimate of drug-likeness (QED) is 0.698. The largest absolute Gasteiger partial charge is 0.492 e. The maximum Gasteiger partial charge on any atom is 0.224 e. The summed E-state index contributed by atoms with van der Waals surface area (Å²) < 4.78 is 5.73. The highest BCUT2D eigenvalue weighted by Gasteiger charge is 2.15. The molecule has 0 saturated heterocycles. The van der Waals surface area contributed by atoms with Crippen LogP contribution in [0.25, 0.3) is 0 Å². The van der Waals surface area contributed by atoms with Crippen molar-refractivity contribution in [2.45, 2.75) is 51.9 Å².